The van der Waals surface area contributed by atoms with Crippen LogP contribution in [0.3, 0.4) is 0 Å². The predicted octanol–water partition coefficient (Wildman–Crippen LogP) is 3.29. The lowest BCUT2D eigenvalue weighted by Gasteiger charge is -2.13. The van der Waals surface area contributed by atoms with Gasteiger partial charge in [-0.25, -0.2) is 4.79 Å². The molecule has 7 heteroatoms. The fourth-order valence-electron chi connectivity index (χ4n) is 2.36. The monoisotopic (exact) mass is 373 g/mol. The molecule has 144 valence electrons. The Morgan fingerprint density at radius 3 is 2.44 bits per heavy atom. The normalized spacial score (nSPS) is 10.2. The van der Waals surface area contributed by atoms with Crippen LogP contribution in [0.1, 0.15) is 29.8 Å². The number of carbonyl (C=O) groups is 2. The first-order valence-electron chi connectivity index (χ1n) is 8.61. The zero-order chi connectivity index (χ0) is 19.8. The SMILES string of the molecule is CCOc1ccc(NC(=O)COC(=O)c2cccc(C)c2O)cc1OCC. The van der Waals surface area contributed by atoms with Crippen molar-refractivity contribution in [2.45, 2.75) is 20.8 Å². The third-order valence-corrected chi connectivity index (χ3v) is 3.62. The summed E-state index contributed by atoms with van der Waals surface area (Å²) in [5.74, 6) is -0.344. The quantitative estimate of drug-likeness (QED) is 0.690. The van der Waals surface area contributed by atoms with E-state index in [-0.39, 0.29) is 11.3 Å². The molecule has 0 aromatic heterocycles. The number of hydrogen-bond acceptors (Lipinski definition) is 6. The van der Waals surface area contributed by atoms with E-state index in [9.17, 15) is 14.7 Å². The Labute approximate surface area is 157 Å². The molecule has 0 atom stereocenters. The number of hydrogen-bond donors (Lipinski definition) is 2. The van der Waals surface area contributed by atoms with Crippen molar-refractivity contribution < 1.29 is 28.9 Å². The molecule has 0 saturated carbocycles. The van der Waals surface area contributed by atoms with Gasteiger partial charge in [-0.1, -0.05) is 12.1 Å². The lowest BCUT2D eigenvalue weighted by atomic mass is 10.1. The minimum atomic E-state index is -0.770. The van der Waals surface area contributed by atoms with Gasteiger partial charge in [0.15, 0.2) is 18.1 Å². The number of carbonyl (C=O) groups excluding carboxylic acids is 2. The summed E-state index contributed by atoms with van der Waals surface area (Å²) in [4.78, 5) is 24.1. The highest BCUT2D eigenvalue weighted by molar-refractivity contribution is 5.97. The van der Waals surface area contributed by atoms with Gasteiger partial charge in [-0.2, -0.15) is 0 Å². The number of esters is 1. The molecule has 2 rings (SSSR count). The van der Waals surface area contributed by atoms with Gasteiger partial charge in [-0.15, -0.1) is 0 Å². The van der Waals surface area contributed by atoms with Gasteiger partial charge in [-0.3, -0.25) is 4.79 Å². The molecule has 7 nitrogen and oxygen atoms in total. The van der Waals surface area contributed by atoms with E-state index in [1.165, 1.54) is 6.07 Å². The molecule has 0 bridgehead atoms. The summed E-state index contributed by atoms with van der Waals surface area (Å²) in [6.07, 6.45) is 0. The maximum Gasteiger partial charge on any atom is 0.342 e. The number of amides is 1. The number of benzene rings is 2. The van der Waals surface area contributed by atoms with Gasteiger partial charge >= 0.3 is 5.97 Å². The highest BCUT2D eigenvalue weighted by atomic mass is 16.5. The number of phenolic OH excluding ortho intramolecular Hbond substituents is 1. The Balaban J connectivity index is 1.98. The standard InChI is InChI=1S/C20H23NO6/c1-4-25-16-10-9-14(11-17(16)26-5-2)21-18(22)12-27-20(24)15-8-6-7-13(3)19(15)23/h6-11,23H,4-5,12H2,1-3H3,(H,21,22). The first-order valence-corrected chi connectivity index (χ1v) is 8.61. The van der Waals surface area contributed by atoms with Crippen molar-refractivity contribution in [3.8, 4) is 17.2 Å². The second-order valence-electron chi connectivity index (χ2n) is 5.62. The number of nitrogens with one attached hydrogen (secondary N) is 1. The number of aryl methyl sites for hydroxylation is 1. The molecule has 0 aliphatic carbocycles. The number of aromatic hydroxyl groups is 1. The smallest absolute Gasteiger partial charge is 0.342 e. The van der Waals surface area contributed by atoms with Crippen molar-refractivity contribution in [2.75, 3.05) is 25.1 Å². The topological polar surface area (TPSA) is 94.1 Å². The lowest BCUT2D eigenvalue weighted by molar-refractivity contribution is -0.119. The molecule has 0 aliphatic rings. The molecule has 1 amide bonds. The maximum absolute atomic E-state index is 12.1. The number of para-hydroxylation sites is 1. The molecule has 2 aromatic rings. The molecule has 2 aromatic carbocycles. The van der Waals surface area contributed by atoms with Gasteiger partial charge in [0.25, 0.3) is 5.91 Å². The van der Waals surface area contributed by atoms with Gasteiger partial charge in [0.1, 0.15) is 11.3 Å². The van der Waals surface area contributed by atoms with E-state index in [4.69, 9.17) is 14.2 Å². The van der Waals surface area contributed by atoms with E-state index in [1.54, 1.807) is 37.3 Å². The first kappa shape index (κ1) is 20.1. The summed E-state index contributed by atoms with van der Waals surface area (Å²) < 4.78 is 15.9. The fraction of sp³-hybridized carbons (Fsp3) is 0.300. The Morgan fingerprint density at radius 1 is 1.04 bits per heavy atom. The van der Waals surface area contributed by atoms with Crippen LogP contribution in [-0.4, -0.2) is 36.8 Å². The highest BCUT2D eigenvalue weighted by Gasteiger charge is 2.16. The number of anilines is 1. The second kappa shape index (κ2) is 9.47. The van der Waals surface area contributed by atoms with Gasteiger partial charge < -0.3 is 24.6 Å². The van der Waals surface area contributed by atoms with E-state index in [1.807, 2.05) is 13.8 Å². The molecule has 0 aliphatic heterocycles. The Kier molecular flexibility index (Phi) is 7.05. The molecule has 0 spiro atoms. The molecule has 0 fully saturated rings. The summed E-state index contributed by atoms with van der Waals surface area (Å²) in [7, 11) is 0. The van der Waals surface area contributed by atoms with Gasteiger partial charge in [0, 0.05) is 11.8 Å². The lowest BCUT2D eigenvalue weighted by Crippen LogP contribution is -2.21. The van der Waals surface area contributed by atoms with Crippen molar-refractivity contribution in [3.05, 3.63) is 47.5 Å². The number of phenols is 1. The van der Waals surface area contributed by atoms with Crippen molar-refractivity contribution in [2.24, 2.45) is 0 Å². The number of ether oxygens (including phenoxy) is 3. The molecule has 27 heavy (non-hydrogen) atoms. The summed E-state index contributed by atoms with van der Waals surface area (Å²) in [6.45, 7) is 5.85. The van der Waals surface area contributed by atoms with E-state index in [2.05, 4.69) is 5.32 Å². The van der Waals surface area contributed by atoms with Crippen LogP contribution in [0, 0.1) is 6.92 Å². The van der Waals surface area contributed by atoms with Crippen LogP contribution in [0.4, 0.5) is 5.69 Å². The van der Waals surface area contributed by atoms with Crippen molar-refractivity contribution >= 4 is 17.6 Å². The van der Waals surface area contributed by atoms with Crippen LogP contribution >= 0.6 is 0 Å². The van der Waals surface area contributed by atoms with E-state index >= 15 is 0 Å². The zero-order valence-corrected chi connectivity index (χ0v) is 15.6. The van der Waals surface area contributed by atoms with Crippen LogP contribution in [0.15, 0.2) is 36.4 Å². The van der Waals surface area contributed by atoms with Crippen LogP contribution in [-0.2, 0) is 9.53 Å². The molecule has 2 N–H and O–H groups in total. The van der Waals surface area contributed by atoms with Crippen LogP contribution in [0.25, 0.3) is 0 Å². The Bertz CT molecular complexity index is 818. The summed E-state index contributed by atoms with van der Waals surface area (Å²) in [5, 5.41) is 12.5. The zero-order valence-electron chi connectivity index (χ0n) is 15.6. The minimum Gasteiger partial charge on any atom is -0.507 e. The van der Waals surface area contributed by atoms with E-state index in [0.29, 0.717) is 36.0 Å². The summed E-state index contributed by atoms with van der Waals surface area (Å²) >= 11 is 0. The third kappa shape index (κ3) is 5.37. The average Bonchev–Trinajstić information content (AvgIpc) is 2.64. The maximum atomic E-state index is 12.1. The largest absolute Gasteiger partial charge is 0.507 e. The molecule has 0 saturated heterocycles. The Hall–Kier alpha value is -3.22. The van der Waals surface area contributed by atoms with E-state index in [0.717, 1.165) is 0 Å². The van der Waals surface area contributed by atoms with Gasteiger partial charge in [0.05, 0.1) is 13.2 Å². The van der Waals surface area contributed by atoms with Crippen molar-refractivity contribution in [1.29, 1.82) is 0 Å². The molecular weight excluding hydrogens is 350 g/mol. The van der Waals surface area contributed by atoms with E-state index < -0.39 is 18.5 Å². The summed E-state index contributed by atoms with van der Waals surface area (Å²) in [6, 6.07) is 9.73. The van der Waals surface area contributed by atoms with Crippen LogP contribution in [0.2, 0.25) is 0 Å². The third-order valence-electron chi connectivity index (χ3n) is 3.62. The fourth-order valence-corrected chi connectivity index (χ4v) is 2.36. The highest BCUT2D eigenvalue weighted by Crippen LogP contribution is 2.30. The van der Waals surface area contributed by atoms with Gasteiger partial charge in [0.2, 0.25) is 0 Å². The average molecular weight is 373 g/mol. The van der Waals surface area contributed by atoms with Crippen molar-refractivity contribution in [3.63, 3.8) is 0 Å². The second-order valence-corrected chi connectivity index (χ2v) is 5.62. The molecule has 0 radical (unpaired) electrons. The van der Waals surface area contributed by atoms with Gasteiger partial charge in [-0.05, 0) is 44.5 Å². The molecule has 0 unspecified atom stereocenters. The van der Waals surface area contributed by atoms with Crippen molar-refractivity contribution in [1.82, 2.24) is 0 Å². The summed E-state index contributed by atoms with van der Waals surface area (Å²) in [5.41, 5.74) is 1.05. The minimum absolute atomic E-state index is 0.0162. The molecular formula is C20H23NO6. The number of rotatable bonds is 8. The van der Waals surface area contributed by atoms with Crippen LogP contribution in [0.5, 0.6) is 17.2 Å². The van der Waals surface area contributed by atoms with Crippen LogP contribution < -0.4 is 14.8 Å². The molecule has 0 heterocycles. The predicted molar refractivity (Wildman–Crippen MR) is 101 cm³/mol. The Morgan fingerprint density at radius 2 is 1.74 bits per heavy atom. The first-order chi connectivity index (χ1) is 13.0.